The number of benzene rings is 1. The fraction of sp³-hybridized carbons (Fsp3) is 0.474. The van der Waals surface area contributed by atoms with Gasteiger partial charge in [-0.25, -0.2) is 0 Å². The normalized spacial score (nSPS) is 20.9. The van der Waals surface area contributed by atoms with Crippen LogP contribution in [0, 0.1) is 0 Å². The van der Waals surface area contributed by atoms with Crippen LogP contribution < -0.4 is 10.6 Å². The zero-order valence-corrected chi connectivity index (χ0v) is 15.0. The summed E-state index contributed by atoms with van der Waals surface area (Å²) in [4.78, 5) is 13.9. The van der Waals surface area contributed by atoms with Crippen LogP contribution in [0.1, 0.15) is 48.1 Å². The second-order valence-corrected chi connectivity index (χ2v) is 7.82. The number of hydrogen-bond donors (Lipinski definition) is 2. The van der Waals surface area contributed by atoms with Crippen LogP contribution in [-0.2, 0) is 11.3 Å². The van der Waals surface area contributed by atoms with E-state index in [1.165, 1.54) is 4.90 Å². The van der Waals surface area contributed by atoms with Crippen molar-refractivity contribution >= 4 is 17.7 Å². The second kappa shape index (κ2) is 7.62. The molecule has 1 aromatic heterocycles. The molecule has 1 fully saturated rings. The van der Waals surface area contributed by atoms with Crippen molar-refractivity contribution in [2.24, 2.45) is 0 Å². The van der Waals surface area contributed by atoms with Crippen molar-refractivity contribution in [1.82, 2.24) is 15.8 Å². The first-order chi connectivity index (χ1) is 12.3. The van der Waals surface area contributed by atoms with Crippen LogP contribution in [0.4, 0.5) is 0 Å². The third-order valence-corrected chi connectivity index (χ3v) is 6.17. The molecule has 0 bridgehead atoms. The Morgan fingerprint density at radius 2 is 2.12 bits per heavy atom. The number of rotatable bonds is 4. The molecule has 2 aliphatic rings. The van der Waals surface area contributed by atoms with E-state index >= 15 is 0 Å². The van der Waals surface area contributed by atoms with Crippen molar-refractivity contribution < 1.29 is 9.32 Å². The summed E-state index contributed by atoms with van der Waals surface area (Å²) in [5.41, 5.74) is 2.16. The van der Waals surface area contributed by atoms with Crippen LogP contribution in [0.15, 0.2) is 39.8 Å². The minimum atomic E-state index is -0.0655. The Morgan fingerprint density at radius 3 is 3.00 bits per heavy atom. The molecule has 1 unspecified atom stereocenters. The van der Waals surface area contributed by atoms with Gasteiger partial charge in [-0.15, -0.1) is 11.8 Å². The van der Waals surface area contributed by atoms with E-state index in [1.807, 2.05) is 30.0 Å². The van der Waals surface area contributed by atoms with Crippen LogP contribution in [0.25, 0.3) is 0 Å². The van der Waals surface area contributed by atoms with E-state index in [0.29, 0.717) is 12.5 Å². The Morgan fingerprint density at radius 1 is 1.28 bits per heavy atom. The maximum Gasteiger partial charge on any atom is 0.227 e. The average Bonchev–Trinajstić information content (AvgIpc) is 3.15. The van der Waals surface area contributed by atoms with E-state index in [9.17, 15) is 4.79 Å². The quantitative estimate of drug-likeness (QED) is 0.880. The average molecular weight is 357 g/mol. The van der Waals surface area contributed by atoms with E-state index in [4.69, 9.17) is 4.52 Å². The molecule has 4 rings (SSSR count). The number of carbonyl (C=O) groups is 1. The van der Waals surface area contributed by atoms with Gasteiger partial charge in [0.05, 0.1) is 18.2 Å². The predicted molar refractivity (Wildman–Crippen MR) is 97.7 cm³/mol. The maximum atomic E-state index is 12.7. The van der Waals surface area contributed by atoms with Crippen molar-refractivity contribution in [3.8, 4) is 0 Å². The van der Waals surface area contributed by atoms with E-state index in [1.54, 1.807) is 0 Å². The molecule has 0 aliphatic carbocycles. The fourth-order valence-corrected chi connectivity index (χ4v) is 4.76. The highest BCUT2D eigenvalue weighted by Crippen LogP contribution is 2.37. The Labute approximate surface area is 151 Å². The number of thioether (sulfide) groups is 1. The van der Waals surface area contributed by atoms with E-state index in [2.05, 4.69) is 27.9 Å². The zero-order valence-electron chi connectivity index (χ0n) is 14.2. The van der Waals surface area contributed by atoms with Gasteiger partial charge >= 0.3 is 0 Å². The summed E-state index contributed by atoms with van der Waals surface area (Å²) in [5, 5.41) is 10.6. The van der Waals surface area contributed by atoms with Gasteiger partial charge in [-0.3, -0.25) is 4.79 Å². The molecule has 0 spiro atoms. The molecule has 132 valence electrons. The SMILES string of the molecule is O=C(NCc1cc(C2CCNCC2)no1)C1CCSc2ccccc21. The summed E-state index contributed by atoms with van der Waals surface area (Å²) >= 11 is 1.83. The van der Waals surface area contributed by atoms with Crippen LogP contribution in [-0.4, -0.2) is 29.9 Å². The van der Waals surface area contributed by atoms with Crippen molar-refractivity contribution in [2.45, 2.75) is 42.5 Å². The van der Waals surface area contributed by atoms with Gasteiger partial charge in [-0.1, -0.05) is 23.4 Å². The van der Waals surface area contributed by atoms with E-state index in [0.717, 1.165) is 55.1 Å². The Bertz CT molecular complexity index is 740. The number of nitrogens with one attached hydrogen (secondary N) is 2. The lowest BCUT2D eigenvalue weighted by Crippen LogP contribution is -2.30. The Hall–Kier alpha value is -1.79. The number of fused-ring (bicyclic) bond motifs is 1. The molecular weight excluding hydrogens is 334 g/mol. The number of hydrogen-bond acceptors (Lipinski definition) is 5. The molecule has 0 saturated carbocycles. The van der Waals surface area contributed by atoms with Gasteiger partial charge in [-0.05, 0) is 49.7 Å². The minimum Gasteiger partial charge on any atom is -0.359 e. The summed E-state index contributed by atoms with van der Waals surface area (Å²) in [5.74, 6) is 2.20. The molecule has 2 N–H and O–H groups in total. The van der Waals surface area contributed by atoms with Gasteiger partial charge in [0.25, 0.3) is 0 Å². The molecule has 1 atom stereocenters. The van der Waals surface area contributed by atoms with Crippen LogP contribution in [0.5, 0.6) is 0 Å². The lowest BCUT2D eigenvalue weighted by molar-refractivity contribution is -0.123. The van der Waals surface area contributed by atoms with Gasteiger partial charge in [0.2, 0.25) is 5.91 Å². The fourth-order valence-electron chi connectivity index (χ4n) is 3.63. The summed E-state index contributed by atoms with van der Waals surface area (Å²) in [6.45, 7) is 2.47. The molecule has 1 aromatic carbocycles. The summed E-state index contributed by atoms with van der Waals surface area (Å²) in [7, 11) is 0. The summed E-state index contributed by atoms with van der Waals surface area (Å²) < 4.78 is 5.44. The van der Waals surface area contributed by atoms with E-state index < -0.39 is 0 Å². The smallest absolute Gasteiger partial charge is 0.227 e. The second-order valence-electron chi connectivity index (χ2n) is 6.69. The number of aromatic nitrogens is 1. The van der Waals surface area contributed by atoms with Crippen LogP contribution >= 0.6 is 11.8 Å². The molecule has 3 heterocycles. The summed E-state index contributed by atoms with van der Waals surface area (Å²) in [6, 6.07) is 10.2. The van der Waals surface area contributed by atoms with Crippen molar-refractivity contribution in [3.05, 3.63) is 47.3 Å². The molecule has 5 nitrogen and oxygen atoms in total. The maximum absolute atomic E-state index is 12.7. The van der Waals surface area contributed by atoms with Crippen LogP contribution in [0.3, 0.4) is 0 Å². The highest BCUT2D eigenvalue weighted by Gasteiger charge is 2.27. The van der Waals surface area contributed by atoms with Crippen molar-refractivity contribution in [2.75, 3.05) is 18.8 Å². The van der Waals surface area contributed by atoms with Crippen molar-refractivity contribution in [1.29, 1.82) is 0 Å². The minimum absolute atomic E-state index is 0.0655. The number of piperidine rings is 1. The monoisotopic (exact) mass is 357 g/mol. The summed E-state index contributed by atoms with van der Waals surface area (Å²) in [6.07, 6.45) is 3.06. The van der Waals surface area contributed by atoms with Crippen LogP contribution in [0.2, 0.25) is 0 Å². The van der Waals surface area contributed by atoms with Crippen molar-refractivity contribution in [3.63, 3.8) is 0 Å². The standard InChI is InChI=1S/C19H23N3O2S/c23-19(16-7-10-25-18-4-2-1-3-15(16)18)21-12-14-11-17(22-24-14)13-5-8-20-9-6-13/h1-4,11,13,16,20H,5-10,12H2,(H,21,23). The highest BCUT2D eigenvalue weighted by molar-refractivity contribution is 7.99. The number of carbonyl (C=O) groups excluding carboxylic acids is 1. The van der Waals surface area contributed by atoms with Gasteiger partial charge in [0.15, 0.2) is 5.76 Å². The predicted octanol–water partition coefficient (Wildman–Crippen LogP) is 3.04. The number of nitrogens with zero attached hydrogens (tertiary/aromatic N) is 1. The third-order valence-electron chi connectivity index (χ3n) is 5.05. The molecule has 1 saturated heterocycles. The zero-order chi connectivity index (χ0) is 17.1. The number of amides is 1. The lowest BCUT2D eigenvalue weighted by Gasteiger charge is -2.23. The first kappa shape index (κ1) is 16.7. The van der Waals surface area contributed by atoms with Gasteiger partial charge < -0.3 is 15.2 Å². The Balaban J connectivity index is 1.37. The molecule has 2 aliphatic heterocycles. The molecule has 1 amide bonds. The molecule has 2 aromatic rings. The molecule has 25 heavy (non-hydrogen) atoms. The molecule has 0 radical (unpaired) electrons. The molecule has 6 heteroatoms. The first-order valence-corrected chi connectivity index (χ1v) is 9.95. The largest absolute Gasteiger partial charge is 0.359 e. The van der Waals surface area contributed by atoms with E-state index in [-0.39, 0.29) is 11.8 Å². The van der Waals surface area contributed by atoms with Gasteiger partial charge in [-0.2, -0.15) is 0 Å². The first-order valence-electron chi connectivity index (χ1n) is 8.97. The topological polar surface area (TPSA) is 67.2 Å². The Kier molecular flexibility index (Phi) is 5.08. The highest BCUT2D eigenvalue weighted by atomic mass is 32.2. The van der Waals surface area contributed by atoms with Gasteiger partial charge in [0.1, 0.15) is 0 Å². The molecular formula is C19H23N3O2S. The third kappa shape index (κ3) is 3.75. The van der Waals surface area contributed by atoms with Gasteiger partial charge in [0, 0.05) is 16.9 Å². The lowest BCUT2D eigenvalue weighted by atomic mass is 9.94.